The van der Waals surface area contributed by atoms with Gasteiger partial charge in [0.2, 0.25) is 0 Å². The van der Waals surface area contributed by atoms with Crippen molar-refractivity contribution >= 4 is 24.6 Å². The number of carboxylic acids is 2. The van der Waals surface area contributed by atoms with Crippen LogP contribution in [0.25, 0.3) is 0 Å². The van der Waals surface area contributed by atoms with Gasteiger partial charge in [0.1, 0.15) is 12.1 Å². The number of hydrogen-bond acceptors (Lipinski definition) is 5. The predicted molar refractivity (Wildman–Crippen MR) is 64.5 cm³/mol. The standard InChI is InChI=1S/C6H13NO2.C3H7NO2S/c1-4(2)3-5(7)6(8)9;4-2(1-7)3(5)6/h4-5H,3,7H2,1-2H3,(H,8,9);2,7H,1,4H2,(H,5,6)/t5-;2-/m00/s1. The molecule has 0 saturated heterocycles. The maximum Gasteiger partial charge on any atom is 0.321 e. The van der Waals surface area contributed by atoms with Gasteiger partial charge in [0.15, 0.2) is 0 Å². The molecule has 0 radical (unpaired) electrons. The van der Waals surface area contributed by atoms with E-state index in [2.05, 4.69) is 12.6 Å². The molecule has 0 aromatic carbocycles. The molecule has 0 aliphatic carbocycles. The first-order chi connectivity index (χ1) is 7.22. The second-order valence-corrected chi connectivity index (χ2v) is 4.07. The van der Waals surface area contributed by atoms with Crippen LogP contribution in [0.15, 0.2) is 0 Å². The zero-order valence-corrected chi connectivity index (χ0v) is 10.4. The quantitative estimate of drug-likeness (QED) is 0.430. The van der Waals surface area contributed by atoms with E-state index in [1.54, 1.807) is 0 Å². The third kappa shape index (κ3) is 11.3. The predicted octanol–water partition coefficient (Wildman–Crippen LogP) is -0.227. The molecule has 0 aliphatic heterocycles. The summed E-state index contributed by atoms with van der Waals surface area (Å²) in [7, 11) is 0. The zero-order chi connectivity index (χ0) is 13.3. The topological polar surface area (TPSA) is 127 Å². The first kappa shape index (κ1) is 17.6. The average molecular weight is 252 g/mol. The molecule has 0 amide bonds. The first-order valence-corrected chi connectivity index (χ1v) is 5.43. The van der Waals surface area contributed by atoms with Crippen LogP contribution in [-0.2, 0) is 9.59 Å². The fourth-order valence-corrected chi connectivity index (χ4v) is 0.843. The minimum absolute atomic E-state index is 0.190. The van der Waals surface area contributed by atoms with Crippen LogP contribution in [0.1, 0.15) is 20.3 Å². The highest BCUT2D eigenvalue weighted by molar-refractivity contribution is 7.80. The molecule has 6 nitrogen and oxygen atoms in total. The number of thiol groups is 1. The number of nitrogens with two attached hydrogens (primary N) is 2. The van der Waals surface area contributed by atoms with E-state index in [1.807, 2.05) is 13.8 Å². The van der Waals surface area contributed by atoms with Gasteiger partial charge in [-0.25, -0.2) is 0 Å². The van der Waals surface area contributed by atoms with Crippen LogP contribution < -0.4 is 11.5 Å². The van der Waals surface area contributed by atoms with Crippen molar-refractivity contribution in [2.75, 3.05) is 5.75 Å². The maximum atomic E-state index is 10.1. The zero-order valence-electron chi connectivity index (χ0n) is 9.46. The molecule has 0 unspecified atom stereocenters. The number of aliphatic carboxylic acids is 2. The monoisotopic (exact) mass is 252 g/mol. The minimum Gasteiger partial charge on any atom is -0.480 e. The molecule has 0 aromatic rings. The van der Waals surface area contributed by atoms with Crippen LogP contribution in [0.3, 0.4) is 0 Å². The lowest BCUT2D eigenvalue weighted by molar-refractivity contribution is -0.139. The van der Waals surface area contributed by atoms with Gasteiger partial charge in [-0.1, -0.05) is 13.8 Å². The van der Waals surface area contributed by atoms with Gasteiger partial charge < -0.3 is 21.7 Å². The Kier molecular flexibility index (Phi) is 10.4. The summed E-state index contributed by atoms with van der Waals surface area (Å²) in [5, 5.41) is 16.3. The number of carboxylic acid groups (broad SMARTS) is 2. The average Bonchev–Trinajstić information content (AvgIpc) is 2.16. The maximum absolute atomic E-state index is 10.1. The van der Waals surface area contributed by atoms with Crippen molar-refractivity contribution in [2.24, 2.45) is 17.4 Å². The van der Waals surface area contributed by atoms with Gasteiger partial charge in [-0.2, -0.15) is 12.6 Å². The summed E-state index contributed by atoms with van der Waals surface area (Å²) in [6.07, 6.45) is 0.551. The SMILES string of the molecule is CC(C)C[C@H](N)C(=O)O.N[C@@H](CS)C(=O)O. The summed E-state index contributed by atoms with van der Waals surface area (Å²) in [4.78, 5) is 19.9. The summed E-state index contributed by atoms with van der Waals surface area (Å²) >= 11 is 3.65. The highest BCUT2D eigenvalue weighted by Gasteiger charge is 2.11. The smallest absolute Gasteiger partial charge is 0.321 e. The van der Waals surface area contributed by atoms with E-state index in [9.17, 15) is 9.59 Å². The van der Waals surface area contributed by atoms with Crippen LogP contribution in [0, 0.1) is 5.92 Å². The third-order valence-electron chi connectivity index (χ3n) is 1.56. The molecule has 0 rings (SSSR count). The molecule has 0 bridgehead atoms. The van der Waals surface area contributed by atoms with Gasteiger partial charge in [-0.05, 0) is 12.3 Å². The highest BCUT2D eigenvalue weighted by Crippen LogP contribution is 2.01. The van der Waals surface area contributed by atoms with Crippen LogP contribution in [0.4, 0.5) is 0 Å². The van der Waals surface area contributed by atoms with E-state index in [0.717, 1.165) is 0 Å². The number of hydrogen-bond donors (Lipinski definition) is 5. The van der Waals surface area contributed by atoms with Crippen molar-refractivity contribution in [3.8, 4) is 0 Å². The Hall–Kier alpha value is -0.790. The van der Waals surface area contributed by atoms with Crippen molar-refractivity contribution in [2.45, 2.75) is 32.4 Å². The van der Waals surface area contributed by atoms with E-state index < -0.39 is 24.0 Å². The van der Waals surface area contributed by atoms with Gasteiger partial charge in [-0.3, -0.25) is 9.59 Å². The molecule has 0 spiro atoms. The molecule has 0 aliphatic rings. The van der Waals surface area contributed by atoms with Crippen LogP contribution in [-0.4, -0.2) is 40.0 Å². The Morgan fingerprint density at radius 2 is 1.50 bits per heavy atom. The highest BCUT2D eigenvalue weighted by atomic mass is 32.1. The van der Waals surface area contributed by atoms with Gasteiger partial charge in [-0.15, -0.1) is 0 Å². The Labute approximate surface area is 100 Å². The third-order valence-corrected chi connectivity index (χ3v) is 1.95. The molecule has 7 heteroatoms. The summed E-state index contributed by atoms with van der Waals surface area (Å²) in [5.74, 6) is -1.37. The molecular weight excluding hydrogens is 232 g/mol. The van der Waals surface area contributed by atoms with Crippen LogP contribution >= 0.6 is 12.6 Å². The van der Waals surface area contributed by atoms with Crippen molar-refractivity contribution in [3.05, 3.63) is 0 Å². The van der Waals surface area contributed by atoms with Gasteiger partial charge in [0, 0.05) is 5.75 Å². The van der Waals surface area contributed by atoms with E-state index in [1.165, 1.54) is 0 Å². The molecule has 6 N–H and O–H groups in total. The lowest BCUT2D eigenvalue weighted by atomic mass is 10.1. The molecule has 0 saturated carbocycles. The Bertz CT molecular complexity index is 224. The minimum atomic E-state index is -1.00. The van der Waals surface area contributed by atoms with Crippen LogP contribution in [0.2, 0.25) is 0 Å². The van der Waals surface area contributed by atoms with Gasteiger partial charge in [0.05, 0.1) is 0 Å². The molecule has 0 aromatic heterocycles. The van der Waals surface area contributed by atoms with Crippen molar-refractivity contribution < 1.29 is 19.8 Å². The molecular formula is C9H20N2O4S. The first-order valence-electron chi connectivity index (χ1n) is 4.80. The molecule has 0 heterocycles. The van der Waals surface area contributed by atoms with Crippen molar-refractivity contribution in [1.82, 2.24) is 0 Å². The molecule has 16 heavy (non-hydrogen) atoms. The second kappa shape index (κ2) is 9.44. The largest absolute Gasteiger partial charge is 0.480 e. The Morgan fingerprint density at radius 3 is 1.56 bits per heavy atom. The fourth-order valence-electron chi connectivity index (χ4n) is 0.687. The summed E-state index contributed by atoms with van der Waals surface area (Å²) in [6.45, 7) is 3.89. The van der Waals surface area contributed by atoms with Crippen molar-refractivity contribution in [3.63, 3.8) is 0 Å². The van der Waals surface area contributed by atoms with E-state index in [-0.39, 0.29) is 5.75 Å². The number of carbonyl (C=O) groups is 2. The molecule has 2 atom stereocenters. The van der Waals surface area contributed by atoms with Crippen molar-refractivity contribution in [1.29, 1.82) is 0 Å². The fraction of sp³-hybridized carbons (Fsp3) is 0.778. The molecule has 0 fully saturated rings. The van der Waals surface area contributed by atoms with E-state index in [0.29, 0.717) is 12.3 Å². The molecule has 96 valence electrons. The Morgan fingerprint density at radius 1 is 1.12 bits per heavy atom. The lowest BCUT2D eigenvalue weighted by Gasteiger charge is -2.07. The summed E-state index contributed by atoms with van der Waals surface area (Å²) in [6, 6.07) is -1.51. The summed E-state index contributed by atoms with van der Waals surface area (Å²) < 4.78 is 0. The lowest BCUT2D eigenvalue weighted by Crippen LogP contribution is -2.31. The van der Waals surface area contributed by atoms with Gasteiger partial charge >= 0.3 is 11.9 Å². The van der Waals surface area contributed by atoms with E-state index in [4.69, 9.17) is 21.7 Å². The summed E-state index contributed by atoms with van der Waals surface area (Å²) in [5.41, 5.74) is 10.2. The Balaban J connectivity index is 0. The number of rotatable bonds is 5. The normalized spacial score (nSPS) is 13.6. The van der Waals surface area contributed by atoms with E-state index >= 15 is 0 Å². The van der Waals surface area contributed by atoms with Gasteiger partial charge in [0.25, 0.3) is 0 Å². The second-order valence-electron chi connectivity index (χ2n) is 3.70. The van der Waals surface area contributed by atoms with Crippen LogP contribution in [0.5, 0.6) is 0 Å².